The van der Waals surface area contributed by atoms with E-state index in [1.165, 1.54) is 16.8 Å². The molecule has 0 bridgehead atoms. The Kier molecular flexibility index (Phi) is 4.80. The van der Waals surface area contributed by atoms with Gasteiger partial charge in [-0.15, -0.1) is 0 Å². The Hall–Kier alpha value is -1.10. The van der Waals surface area contributed by atoms with Crippen LogP contribution in [0.25, 0.3) is 0 Å². The fraction of sp³-hybridized carbons (Fsp3) is 0.600. The lowest BCUT2D eigenvalue weighted by Crippen LogP contribution is -2.33. The van der Waals surface area contributed by atoms with Gasteiger partial charge in [-0.1, -0.05) is 12.1 Å². The Morgan fingerprint density at radius 2 is 2.21 bits per heavy atom. The summed E-state index contributed by atoms with van der Waals surface area (Å²) in [7, 11) is 6.33. The standard InChI is InChI=1S/C15H26N4/c1-18(2)9-7-17-14(11-16)12-4-5-15-13(10-12)6-8-19(15)3/h4-5,10,14,17H,6-9,11,16H2,1-3H3. The Morgan fingerprint density at radius 1 is 1.42 bits per heavy atom. The van der Waals surface area contributed by atoms with Crippen LogP contribution in [-0.2, 0) is 6.42 Å². The van der Waals surface area contributed by atoms with Crippen LogP contribution in [0.1, 0.15) is 17.2 Å². The molecule has 0 saturated heterocycles. The zero-order valence-corrected chi connectivity index (χ0v) is 12.3. The lowest BCUT2D eigenvalue weighted by Gasteiger charge is -2.20. The van der Waals surface area contributed by atoms with Crippen LogP contribution in [0, 0.1) is 0 Å². The summed E-state index contributed by atoms with van der Waals surface area (Å²) in [5.41, 5.74) is 10.0. The van der Waals surface area contributed by atoms with Crippen LogP contribution in [0.5, 0.6) is 0 Å². The summed E-state index contributed by atoms with van der Waals surface area (Å²) < 4.78 is 0. The summed E-state index contributed by atoms with van der Waals surface area (Å²) in [6.07, 6.45) is 1.15. The molecule has 0 radical (unpaired) electrons. The molecule has 3 N–H and O–H groups in total. The van der Waals surface area contributed by atoms with E-state index in [1.807, 2.05) is 0 Å². The van der Waals surface area contributed by atoms with Gasteiger partial charge in [0.2, 0.25) is 0 Å². The minimum absolute atomic E-state index is 0.260. The van der Waals surface area contributed by atoms with Crippen LogP contribution >= 0.6 is 0 Å². The monoisotopic (exact) mass is 262 g/mol. The number of likely N-dealkylation sites (N-methyl/N-ethyl adjacent to an activating group) is 2. The normalized spacial score (nSPS) is 15.9. The number of nitrogens with two attached hydrogens (primary N) is 1. The first-order chi connectivity index (χ1) is 9.11. The molecular weight excluding hydrogens is 236 g/mol. The molecule has 0 amide bonds. The second-order valence-corrected chi connectivity index (χ2v) is 5.61. The Balaban J connectivity index is 2.03. The first kappa shape index (κ1) is 14.3. The Bertz CT molecular complexity index is 417. The minimum Gasteiger partial charge on any atom is -0.374 e. The van der Waals surface area contributed by atoms with E-state index in [9.17, 15) is 0 Å². The van der Waals surface area contributed by atoms with Gasteiger partial charge in [-0.25, -0.2) is 0 Å². The molecule has 0 saturated carbocycles. The van der Waals surface area contributed by atoms with Crippen LogP contribution in [-0.4, -0.2) is 52.2 Å². The third-order valence-corrected chi connectivity index (χ3v) is 3.82. The van der Waals surface area contributed by atoms with E-state index in [-0.39, 0.29) is 6.04 Å². The molecule has 19 heavy (non-hydrogen) atoms. The van der Waals surface area contributed by atoms with Gasteiger partial charge in [-0.2, -0.15) is 0 Å². The van der Waals surface area contributed by atoms with Crippen molar-refractivity contribution in [3.63, 3.8) is 0 Å². The van der Waals surface area contributed by atoms with Crippen LogP contribution in [0.3, 0.4) is 0 Å². The fourth-order valence-electron chi connectivity index (χ4n) is 2.60. The number of rotatable bonds is 6. The van der Waals surface area contributed by atoms with Crippen LogP contribution in [0.4, 0.5) is 5.69 Å². The average Bonchev–Trinajstić information content (AvgIpc) is 2.76. The number of hydrogen-bond donors (Lipinski definition) is 2. The summed E-state index contributed by atoms with van der Waals surface area (Å²) >= 11 is 0. The molecule has 0 aromatic heterocycles. The molecule has 1 atom stereocenters. The van der Waals surface area contributed by atoms with Crippen molar-refractivity contribution in [3.8, 4) is 0 Å². The van der Waals surface area contributed by atoms with Gasteiger partial charge >= 0.3 is 0 Å². The highest BCUT2D eigenvalue weighted by atomic mass is 15.1. The van der Waals surface area contributed by atoms with Crippen molar-refractivity contribution in [1.82, 2.24) is 10.2 Å². The number of anilines is 1. The molecule has 106 valence electrons. The number of nitrogens with zero attached hydrogens (tertiary/aromatic N) is 2. The summed E-state index contributed by atoms with van der Waals surface area (Å²) in [6, 6.07) is 7.02. The molecule has 0 fully saturated rings. The second-order valence-electron chi connectivity index (χ2n) is 5.61. The Labute approximate surface area is 116 Å². The quantitative estimate of drug-likeness (QED) is 0.797. The van der Waals surface area contributed by atoms with Crippen LogP contribution in [0.2, 0.25) is 0 Å². The highest BCUT2D eigenvalue weighted by molar-refractivity contribution is 5.58. The predicted molar refractivity (Wildman–Crippen MR) is 81.8 cm³/mol. The van der Waals surface area contributed by atoms with E-state index >= 15 is 0 Å². The third kappa shape index (κ3) is 3.47. The molecule has 1 heterocycles. The van der Waals surface area contributed by atoms with Crippen molar-refractivity contribution >= 4 is 5.69 Å². The van der Waals surface area contributed by atoms with E-state index in [0.717, 1.165) is 26.1 Å². The highest BCUT2D eigenvalue weighted by Crippen LogP contribution is 2.29. The van der Waals surface area contributed by atoms with Crippen LogP contribution in [0.15, 0.2) is 18.2 Å². The lowest BCUT2D eigenvalue weighted by atomic mass is 10.0. The van der Waals surface area contributed by atoms with E-state index in [2.05, 4.69) is 54.5 Å². The van der Waals surface area contributed by atoms with Gasteiger partial charge in [0.05, 0.1) is 0 Å². The van der Waals surface area contributed by atoms with Gasteiger partial charge in [-0.05, 0) is 37.7 Å². The smallest absolute Gasteiger partial charge is 0.0445 e. The summed E-state index contributed by atoms with van der Waals surface area (Å²) in [5.74, 6) is 0. The lowest BCUT2D eigenvalue weighted by molar-refractivity contribution is 0.385. The van der Waals surface area contributed by atoms with E-state index in [1.54, 1.807) is 0 Å². The topological polar surface area (TPSA) is 44.5 Å². The first-order valence-electron chi connectivity index (χ1n) is 7.04. The fourth-order valence-corrected chi connectivity index (χ4v) is 2.60. The SMILES string of the molecule is CN(C)CCNC(CN)c1ccc2c(c1)CCN2C. The molecule has 1 aliphatic heterocycles. The summed E-state index contributed by atoms with van der Waals surface area (Å²) in [5, 5.41) is 3.54. The van der Waals surface area contributed by atoms with Crippen molar-refractivity contribution in [2.24, 2.45) is 5.73 Å². The zero-order chi connectivity index (χ0) is 13.8. The maximum absolute atomic E-state index is 5.91. The van der Waals surface area contributed by atoms with Crippen LogP contribution < -0.4 is 16.0 Å². The number of nitrogens with one attached hydrogen (secondary N) is 1. The molecule has 1 unspecified atom stereocenters. The van der Waals surface area contributed by atoms with Gasteiger partial charge in [0.1, 0.15) is 0 Å². The van der Waals surface area contributed by atoms with E-state index < -0.39 is 0 Å². The average molecular weight is 262 g/mol. The van der Waals surface area contributed by atoms with E-state index in [0.29, 0.717) is 6.54 Å². The van der Waals surface area contributed by atoms with Crippen molar-refractivity contribution in [1.29, 1.82) is 0 Å². The van der Waals surface area contributed by atoms with E-state index in [4.69, 9.17) is 5.73 Å². The van der Waals surface area contributed by atoms with Gasteiger partial charge in [0, 0.05) is 45.0 Å². The molecule has 0 spiro atoms. The van der Waals surface area contributed by atoms with Gasteiger partial charge in [0.25, 0.3) is 0 Å². The highest BCUT2D eigenvalue weighted by Gasteiger charge is 2.17. The summed E-state index contributed by atoms with van der Waals surface area (Å²) in [4.78, 5) is 4.49. The molecular formula is C15H26N4. The molecule has 4 heteroatoms. The van der Waals surface area contributed by atoms with Crippen molar-refractivity contribution in [2.45, 2.75) is 12.5 Å². The number of hydrogen-bond acceptors (Lipinski definition) is 4. The maximum Gasteiger partial charge on any atom is 0.0445 e. The van der Waals surface area contributed by atoms with Gasteiger partial charge < -0.3 is 20.9 Å². The molecule has 1 aromatic rings. The molecule has 1 aromatic carbocycles. The first-order valence-corrected chi connectivity index (χ1v) is 7.04. The maximum atomic E-state index is 5.91. The number of benzene rings is 1. The summed E-state index contributed by atoms with van der Waals surface area (Å²) in [6.45, 7) is 3.76. The molecule has 4 nitrogen and oxygen atoms in total. The zero-order valence-electron chi connectivity index (χ0n) is 12.3. The van der Waals surface area contributed by atoms with Crippen molar-refractivity contribution in [3.05, 3.63) is 29.3 Å². The Morgan fingerprint density at radius 3 is 2.89 bits per heavy atom. The third-order valence-electron chi connectivity index (χ3n) is 3.82. The predicted octanol–water partition coefficient (Wildman–Crippen LogP) is 0.830. The van der Waals surface area contributed by atoms with Crippen molar-refractivity contribution < 1.29 is 0 Å². The largest absolute Gasteiger partial charge is 0.374 e. The number of fused-ring (bicyclic) bond motifs is 1. The molecule has 0 aliphatic carbocycles. The van der Waals surface area contributed by atoms with Gasteiger partial charge in [0.15, 0.2) is 0 Å². The molecule has 1 aliphatic rings. The van der Waals surface area contributed by atoms with Gasteiger partial charge in [-0.3, -0.25) is 0 Å². The second kappa shape index (κ2) is 6.37. The minimum atomic E-state index is 0.260. The molecule has 2 rings (SSSR count). The van der Waals surface area contributed by atoms with Crippen molar-refractivity contribution in [2.75, 3.05) is 52.2 Å².